The van der Waals surface area contributed by atoms with Crippen LogP contribution >= 0.6 is 0 Å². The second kappa shape index (κ2) is 10.6. The summed E-state index contributed by atoms with van der Waals surface area (Å²) in [7, 11) is 0. The number of fused-ring (bicyclic) bond motifs is 5. The van der Waals surface area contributed by atoms with Gasteiger partial charge in [-0.2, -0.15) is 0 Å². The molecule has 8 nitrogen and oxygen atoms in total. The van der Waals surface area contributed by atoms with Crippen molar-refractivity contribution in [1.29, 1.82) is 0 Å². The highest BCUT2D eigenvalue weighted by atomic mass is 16.5. The summed E-state index contributed by atoms with van der Waals surface area (Å²) >= 11 is 0. The van der Waals surface area contributed by atoms with Crippen LogP contribution in [0.5, 0.6) is 5.75 Å². The van der Waals surface area contributed by atoms with Crippen LogP contribution < -0.4 is 15.0 Å². The molecule has 5 atom stereocenters. The number of hydrogen-bond donors (Lipinski definition) is 1. The van der Waals surface area contributed by atoms with E-state index in [2.05, 4.69) is 17.4 Å². The number of nitrogens with one attached hydrogen (secondary N) is 1. The normalized spacial score (nSPS) is 24.6. The molecule has 2 bridgehead atoms. The van der Waals surface area contributed by atoms with Gasteiger partial charge in [-0.25, -0.2) is 4.79 Å². The van der Waals surface area contributed by atoms with Gasteiger partial charge in [0.2, 0.25) is 11.8 Å². The fourth-order valence-corrected chi connectivity index (χ4v) is 6.82. The molecule has 0 aromatic heterocycles. The Morgan fingerprint density at radius 1 is 0.900 bits per heavy atom. The molecule has 3 aromatic rings. The van der Waals surface area contributed by atoms with E-state index >= 15 is 0 Å². The van der Waals surface area contributed by atoms with Crippen molar-refractivity contribution in [3.8, 4) is 5.75 Å². The summed E-state index contributed by atoms with van der Waals surface area (Å²) in [5, 5.41) is 2.68. The second-order valence-corrected chi connectivity index (χ2v) is 10.6. The third kappa shape index (κ3) is 4.53. The van der Waals surface area contributed by atoms with Crippen molar-refractivity contribution in [1.82, 2.24) is 0 Å². The molecule has 0 unspecified atom stereocenters. The number of amides is 3. The van der Waals surface area contributed by atoms with Gasteiger partial charge in [0.15, 0.2) is 6.61 Å². The van der Waals surface area contributed by atoms with Crippen LogP contribution in [0.3, 0.4) is 0 Å². The van der Waals surface area contributed by atoms with E-state index in [0.29, 0.717) is 23.7 Å². The molecule has 3 fully saturated rings. The number of hydrogen-bond acceptors (Lipinski definition) is 6. The van der Waals surface area contributed by atoms with Gasteiger partial charge in [-0.05, 0) is 73.4 Å². The molecule has 1 N–H and O–H groups in total. The maximum atomic E-state index is 13.6. The zero-order valence-corrected chi connectivity index (χ0v) is 22.1. The Balaban J connectivity index is 1.13. The Labute approximate surface area is 232 Å². The zero-order chi connectivity index (χ0) is 27.8. The molecule has 2 aliphatic carbocycles. The summed E-state index contributed by atoms with van der Waals surface area (Å²) < 4.78 is 10.7. The number of ether oxygens (including phenoxy) is 2. The Bertz CT molecular complexity index is 1470. The summed E-state index contributed by atoms with van der Waals surface area (Å²) in [5.74, 6) is -1.15. The third-order valence-corrected chi connectivity index (χ3v) is 8.38. The van der Waals surface area contributed by atoms with Crippen molar-refractivity contribution in [3.05, 3.63) is 90.0 Å². The van der Waals surface area contributed by atoms with Crippen LogP contribution in [0.15, 0.2) is 78.9 Å². The number of anilines is 2. The van der Waals surface area contributed by atoms with Crippen LogP contribution in [0.4, 0.5) is 11.4 Å². The molecule has 3 aromatic carbocycles. The first-order valence-electron chi connectivity index (χ1n) is 13.7. The highest BCUT2D eigenvalue weighted by Gasteiger charge is 2.64. The van der Waals surface area contributed by atoms with Crippen molar-refractivity contribution in [2.45, 2.75) is 25.7 Å². The van der Waals surface area contributed by atoms with Gasteiger partial charge in [-0.15, -0.1) is 0 Å². The summed E-state index contributed by atoms with van der Waals surface area (Å²) in [5.41, 5.74) is 2.21. The van der Waals surface area contributed by atoms with Crippen LogP contribution in [0.1, 0.15) is 41.6 Å². The Hall–Kier alpha value is -4.46. The first-order valence-corrected chi connectivity index (χ1v) is 13.7. The van der Waals surface area contributed by atoms with Crippen LogP contribution in [0.2, 0.25) is 0 Å². The number of para-hydroxylation sites is 2. The summed E-state index contributed by atoms with van der Waals surface area (Å²) in [6.45, 7) is 1.78. The molecule has 0 spiro atoms. The van der Waals surface area contributed by atoms with Gasteiger partial charge < -0.3 is 14.8 Å². The fourth-order valence-electron chi connectivity index (χ4n) is 6.82. The van der Waals surface area contributed by atoms with E-state index in [-0.39, 0.29) is 47.0 Å². The van der Waals surface area contributed by atoms with E-state index < -0.39 is 18.5 Å². The Morgan fingerprint density at radius 3 is 2.45 bits per heavy atom. The van der Waals surface area contributed by atoms with E-state index in [1.807, 2.05) is 25.1 Å². The van der Waals surface area contributed by atoms with Gasteiger partial charge in [-0.3, -0.25) is 19.3 Å². The van der Waals surface area contributed by atoms with Crippen molar-refractivity contribution in [2.24, 2.45) is 23.7 Å². The van der Waals surface area contributed by atoms with E-state index in [1.54, 1.807) is 36.4 Å². The minimum atomic E-state index is -0.724. The van der Waals surface area contributed by atoms with E-state index in [9.17, 15) is 19.2 Å². The van der Waals surface area contributed by atoms with Crippen molar-refractivity contribution in [2.75, 3.05) is 23.4 Å². The lowest BCUT2D eigenvalue weighted by atomic mass is 9.73. The molecule has 2 saturated carbocycles. The molecule has 40 heavy (non-hydrogen) atoms. The second-order valence-electron chi connectivity index (χ2n) is 10.6. The van der Waals surface area contributed by atoms with Gasteiger partial charge in [0.05, 0.1) is 35.4 Å². The SMILES string of the molecule is CCOc1ccccc1NC(=O)COC(=O)c1cccc(N2C(=O)[C@@H]3[C@@H]4C[C@@H]([C@@H]3C2=O)[C@@H](c2ccccc2)C4)c1. The van der Waals surface area contributed by atoms with Crippen LogP contribution in [0.25, 0.3) is 0 Å². The minimum Gasteiger partial charge on any atom is -0.492 e. The van der Waals surface area contributed by atoms with Gasteiger partial charge in [0.25, 0.3) is 5.91 Å². The number of nitrogens with zero attached hydrogens (tertiary/aromatic N) is 1. The van der Waals surface area contributed by atoms with Gasteiger partial charge in [-0.1, -0.05) is 48.5 Å². The first kappa shape index (κ1) is 25.8. The number of imide groups is 1. The molecule has 3 amide bonds. The molecule has 204 valence electrons. The highest BCUT2D eigenvalue weighted by molar-refractivity contribution is 6.23. The Kier molecular flexibility index (Phi) is 6.84. The van der Waals surface area contributed by atoms with Crippen LogP contribution in [0, 0.1) is 23.7 Å². The topological polar surface area (TPSA) is 102 Å². The lowest BCUT2D eigenvalue weighted by Crippen LogP contribution is -2.33. The van der Waals surface area contributed by atoms with Gasteiger partial charge in [0.1, 0.15) is 5.75 Å². The predicted octanol–water partition coefficient (Wildman–Crippen LogP) is 4.81. The van der Waals surface area contributed by atoms with E-state index in [1.165, 1.54) is 22.6 Å². The summed E-state index contributed by atoms with van der Waals surface area (Å²) in [6.07, 6.45) is 1.80. The summed E-state index contributed by atoms with van der Waals surface area (Å²) in [4.78, 5) is 53.6. The number of esters is 1. The molecule has 0 radical (unpaired) electrons. The zero-order valence-electron chi connectivity index (χ0n) is 22.1. The van der Waals surface area contributed by atoms with Gasteiger partial charge >= 0.3 is 5.97 Å². The van der Waals surface area contributed by atoms with Crippen molar-refractivity contribution >= 4 is 35.1 Å². The fraction of sp³-hybridized carbons (Fsp3) is 0.312. The molecule has 3 aliphatic rings. The van der Waals surface area contributed by atoms with E-state index in [4.69, 9.17) is 9.47 Å². The first-order chi connectivity index (χ1) is 19.5. The van der Waals surface area contributed by atoms with Gasteiger partial charge in [0, 0.05) is 0 Å². The molecule has 1 saturated heterocycles. The number of benzene rings is 3. The Morgan fingerprint density at radius 2 is 1.65 bits per heavy atom. The maximum Gasteiger partial charge on any atom is 0.338 e. The molecule has 1 aliphatic heterocycles. The molecule has 6 rings (SSSR count). The maximum absolute atomic E-state index is 13.6. The average molecular weight is 539 g/mol. The van der Waals surface area contributed by atoms with Crippen LogP contribution in [-0.2, 0) is 19.1 Å². The standard InChI is InChI=1S/C32H30N2O6/c1-2-39-26-14-7-6-13-25(26)33-27(35)18-40-32(38)20-11-8-12-22(15-20)34-30(36)28-21-16-23(19-9-4-3-5-10-19)24(17-21)29(28)31(34)37/h3-15,21,23-24,28-29H,2,16-18H2,1H3,(H,33,35)/t21-,23+,24+,28+,29-/m0/s1. The highest BCUT2D eigenvalue weighted by Crippen LogP contribution is 2.61. The number of carbonyl (C=O) groups excluding carboxylic acids is 4. The lowest BCUT2D eigenvalue weighted by molar-refractivity contribution is -0.123. The quantitative estimate of drug-likeness (QED) is 0.326. The van der Waals surface area contributed by atoms with Crippen molar-refractivity contribution in [3.63, 3.8) is 0 Å². The minimum absolute atomic E-state index is 0.137. The molecule has 8 heteroatoms. The largest absolute Gasteiger partial charge is 0.492 e. The summed E-state index contributed by atoms with van der Waals surface area (Å²) in [6, 6.07) is 23.5. The number of carbonyl (C=O) groups is 4. The van der Waals surface area contributed by atoms with Crippen LogP contribution in [-0.4, -0.2) is 36.9 Å². The molecule has 1 heterocycles. The van der Waals surface area contributed by atoms with E-state index in [0.717, 1.165) is 12.8 Å². The predicted molar refractivity (Wildman–Crippen MR) is 148 cm³/mol. The number of rotatable bonds is 8. The molecular weight excluding hydrogens is 508 g/mol. The monoisotopic (exact) mass is 538 g/mol. The van der Waals surface area contributed by atoms with Crippen molar-refractivity contribution < 1.29 is 28.7 Å². The lowest BCUT2D eigenvalue weighted by Gasteiger charge is -2.28. The average Bonchev–Trinajstić information content (AvgIpc) is 3.64. The smallest absolute Gasteiger partial charge is 0.338 e. The molecular formula is C32H30N2O6. The third-order valence-electron chi connectivity index (χ3n) is 8.38.